The van der Waals surface area contributed by atoms with Crippen molar-refractivity contribution in [1.29, 1.82) is 0 Å². The fourth-order valence-electron chi connectivity index (χ4n) is 1.75. The zero-order valence-electron chi connectivity index (χ0n) is 10.2. The summed E-state index contributed by atoms with van der Waals surface area (Å²) in [6, 6.07) is 9.97. The number of methoxy groups -OCH3 is 1. The van der Waals surface area contributed by atoms with Gasteiger partial charge in [0.05, 0.1) is 20.3 Å². The van der Waals surface area contributed by atoms with E-state index >= 15 is 0 Å². The van der Waals surface area contributed by atoms with Crippen LogP contribution in [0.3, 0.4) is 0 Å². The van der Waals surface area contributed by atoms with E-state index in [1.54, 1.807) is 0 Å². The molecule has 1 atom stereocenters. The van der Waals surface area contributed by atoms with Crippen molar-refractivity contribution in [1.82, 2.24) is 0 Å². The van der Waals surface area contributed by atoms with Gasteiger partial charge in [0.1, 0.15) is 5.03 Å². The van der Waals surface area contributed by atoms with E-state index < -0.39 is 5.97 Å². The summed E-state index contributed by atoms with van der Waals surface area (Å²) in [6.45, 7) is 1.18. The van der Waals surface area contributed by atoms with Crippen molar-refractivity contribution < 1.29 is 14.3 Å². The van der Waals surface area contributed by atoms with Crippen molar-refractivity contribution in [2.24, 2.45) is 5.92 Å². The molecule has 0 bridgehead atoms. The number of halogens is 1. The molecule has 96 valence electrons. The molecule has 4 heteroatoms. The molecule has 2 rings (SSSR count). The Hall–Kier alpha value is -1.32. The van der Waals surface area contributed by atoms with E-state index in [1.165, 1.54) is 7.11 Å². The van der Waals surface area contributed by atoms with Gasteiger partial charge in [-0.2, -0.15) is 0 Å². The molecule has 0 aliphatic heterocycles. The van der Waals surface area contributed by atoms with Crippen LogP contribution in [0.5, 0.6) is 0 Å². The molecule has 1 aliphatic rings. The number of carbonyl (C=O) groups is 1. The first-order valence-corrected chi connectivity index (χ1v) is 6.18. The molecule has 0 amide bonds. The summed E-state index contributed by atoms with van der Waals surface area (Å²) in [5.74, 6) is -0.197. The highest BCUT2D eigenvalue weighted by molar-refractivity contribution is 6.41. The Labute approximate surface area is 111 Å². The van der Waals surface area contributed by atoms with Crippen LogP contribution in [-0.4, -0.2) is 19.7 Å². The van der Waals surface area contributed by atoms with Gasteiger partial charge in [-0.1, -0.05) is 41.9 Å². The number of hydrogen-bond donors (Lipinski definition) is 0. The lowest BCUT2D eigenvalue weighted by molar-refractivity contribution is -0.135. The van der Waals surface area contributed by atoms with Crippen molar-refractivity contribution in [3.8, 4) is 0 Å². The molecule has 0 radical (unpaired) electrons. The lowest BCUT2D eigenvalue weighted by Crippen LogP contribution is -2.01. The molecule has 0 spiro atoms. The number of hydrogen-bond acceptors (Lipinski definition) is 3. The Morgan fingerprint density at radius 2 is 2.11 bits per heavy atom. The van der Waals surface area contributed by atoms with Gasteiger partial charge in [0, 0.05) is 5.92 Å². The molecule has 1 aromatic carbocycles. The third-order valence-electron chi connectivity index (χ3n) is 2.88. The van der Waals surface area contributed by atoms with Gasteiger partial charge in [-0.25, -0.2) is 4.79 Å². The number of rotatable bonds is 5. The Morgan fingerprint density at radius 1 is 1.39 bits per heavy atom. The highest BCUT2D eigenvalue weighted by Gasteiger charge is 2.35. The van der Waals surface area contributed by atoms with Crippen molar-refractivity contribution in [2.45, 2.75) is 13.0 Å². The molecular formula is C14H15ClO3. The van der Waals surface area contributed by atoms with Crippen LogP contribution in [-0.2, 0) is 20.9 Å². The molecule has 1 unspecified atom stereocenters. The van der Waals surface area contributed by atoms with E-state index in [0.29, 0.717) is 13.2 Å². The van der Waals surface area contributed by atoms with Crippen LogP contribution in [0.1, 0.15) is 12.0 Å². The first-order valence-electron chi connectivity index (χ1n) is 5.81. The summed E-state index contributed by atoms with van der Waals surface area (Å²) in [5.41, 5.74) is 2.08. The van der Waals surface area contributed by atoms with Crippen LogP contribution in [0.15, 0.2) is 40.9 Å². The normalized spacial score (nSPS) is 20.4. The second kappa shape index (κ2) is 6.03. The first-order chi connectivity index (χ1) is 8.72. The van der Waals surface area contributed by atoms with Crippen LogP contribution < -0.4 is 0 Å². The number of benzene rings is 1. The van der Waals surface area contributed by atoms with E-state index in [9.17, 15) is 4.79 Å². The zero-order valence-corrected chi connectivity index (χ0v) is 10.9. The Morgan fingerprint density at radius 3 is 2.78 bits per heavy atom. The van der Waals surface area contributed by atoms with E-state index in [-0.39, 0.29) is 11.0 Å². The maximum Gasteiger partial charge on any atom is 0.349 e. The number of carbonyl (C=O) groups excluding carboxylic acids is 1. The predicted molar refractivity (Wildman–Crippen MR) is 69.1 cm³/mol. The molecule has 1 aromatic rings. The average molecular weight is 267 g/mol. The summed E-state index contributed by atoms with van der Waals surface area (Å²) in [5, 5.41) is 0.214. The molecule has 3 nitrogen and oxygen atoms in total. The van der Waals surface area contributed by atoms with Gasteiger partial charge in [-0.15, -0.1) is 0 Å². The van der Waals surface area contributed by atoms with Crippen molar-refractivity contribution in [3.05, 3.63) is 46.5 Å². The predicted octanol–water partition coefficient (Wildman–Crippen LogP) is 2.89. The minimum absolute atomic E-state index is 0.214. The van der Waals surface area contributed by atoms with E-state index in [2.05, 4.69) is 4.74 Å². The van der Waals surface area contributed by atoms with E-state index in [1.807, 2.05) is 30.3 Å². The fraction of sp³-hybridized carbons (Fsp3) is 0.357. The Balaban J connectivity index is 1.76. The SMILES string of the molecule is COC(=O)/C(Cl)=C1/CC1COCc1ccccc1. The largest absolute Gasteiger partial charge is 0.465 e. The van der Waals surface area contributed by atoms with Crippen LogP contribution in [0, 0.1) is 5.92 Å². The second-order valence-corrected chi connectivity index (χ2v) is 4.61. The molecule has 0 N–H and O–H groups in total. The molecule has 18 heavy (non-hydrogen) atoms. The van der Waals surface area contributed by atoms with Gasteiger partial charge < -0.3 is 9.47 Å². The van der Waals surface area contributed by atoms with Gasteiger partial charge in [0.15, 0.2) is 0 Å². The minimum Gasteiger partial charge on any atom is -0.465 e. The highest BCUT2D eigenvalue weighted by Crippen LogP contribution is 2.42. The maximum atomic E-state index is 11.2. The van der Waals surface area contributed by atoms with E-state index in [4.69, 9.17) is 16.3 Å². The maximum absolute atomic E-state index is 11.2. The van der Waals surface area contributed by atoms with Crippen LogP contribution in [0.2, 0.25) is 0 Å². The lowest BCUT2D eigenvalue weighted by atomic mass is 10.2. The summed E-state index contributed by atoms with van der Waals surface area (Å²) >= 11 is 5.87. The van der Waals surface area contributed by atoms with Crippen LogP contribution >= 0.6 is 11.6 Å². The monoisotopic (exact) mass is 266 g/mol. The summed E-state index contributed by atoms with van der Waals surface area (Å²) in [6.07, 6.45) is 0.822. The van der Waals surface area contributed by atoms with Gasteiger partial charge >= 0.3 is 5.97 Å². The molecule has 0 saturated heterocycles. The fourth-order valence-corrected chi connectivity index (χ4v) is 2.06. The zero-order chi connectivity index (χ0) is 13.0. The van der Waals surface area contributed by atoms with Gasteiger partial charge in [-0.05, 0) is 17.6 Å². The standard InChI is InChI=1S/C14H15ClO3/c1-17-14(16)13(15)12-7-11(12)9-18-8-10-5-3-2-4-6-10/h2-6,11H,7-9H2,1H3/b13-12+. The number of esters is 1. The minimum atomic E-state index is -0.461. The lowest BCUT2D eigenvalue weighted by Gasteiger charge is -2.02. The first kappa shape index (κ1) is 13.1. The highest BCUT2D eigenvalue weighted by atomic mass is 35.5. The molecule has 0 aromatic heterocycles. The second-order valence-electron chi connectivity index (χ2n) is 4.23. The van der Waals surface area contributed by atoms with E-state index in [0.717, 1.165) is 17.6 Å². The van der Waals surface area contributed by atoms with Gasteiger partial charge in [0.25, 0.3) is 0 Å². The van der Waals surface area contributed by atoms with Gasteiger partial charge in [-0.3, -0.25) is 0 Å². The topological polar surface area (TPSA) is 35.5 Å². The number of ether oxygens (including phenoxy) is 2. The van der Waals surface area contributed by atoms with Crippen molar-refractivity contribution in [2.75, 3.05) is 13.7 Å². The third kappa shape index (κ3) is 3.34. The molecule has 0 heterocycles. The third-order valence-corrected chi connectivity index (χ3v) is 3.27. The molecule has 1 aliphatic carbocycles. The Kier molecular flexibility index (Phi) is 4.39. The Bertz CT molecular complexity index is 453. The van der Waals surface area contributed by atoms with Crippen LogP contribution in [0.25, 0.3) is 0 Å². The molecular weight excluding hydrogens is 252 g/mol. The smallest absolute Gasteiger partial charge is 0.349 e. The summed E-state index contributed by atoms with van der Waals surface area (Å²) in [7, 11) is 1.33. The van der Waals surface area contributed by atoms with Crippen LogP contribution in [0.4, 0.5) is 0 Å². The molecule has 1 saturated carbocycles. The van der Waals surface area contributed by atoms with Crippen molar-refractivity contribution in [3.63, 3.8) is 0 Å². The van der Waals surface area contributed by atoms with Crippen molar-refractivity contribution >= 4 is 17.6 Å². The molecule has 1 fully saturated rings. The summed E-state index contributed by atoms with van der Waals surface area (Å²) in [4.78, 5) is 11.2. The average Bonchev–Trinajstić information content (AvgIpc) is 3.18. The quantitative estimate of drug-likeness (QED) is 0.607. The van der Waals surface area contributed by atoms with Gasteiger partial charge in [0.2, 0.25) is 0 Å². The summed E-state index contributed by atoms with van der Waals surface area (Å²) < 4.78 is 10.2.